The van der Waals surface area contributed by atoms with Gasteiger partial charge in [-0.05, 0) is 48.6 Å². The quantitative estimate of drug-likeness (QED) is 0.651. The minimum atomic E-state index is -3.72. The van der Waals surface area contributed by atoms with Crippen LogP contribution in [0.4, 0.5) is 5.13 Å². The van der Waals surface area contributed by atoms with Crippen LogP contribution in [0.1, 0.15) is 22.3 Å². The van der Waals surface area contributed by atoms with Crippen LogP contribution in [0.3, 0.4) is 0 Å². The van der Waals surface area contributed by atoms with E-state index in [2.05, 4.69) is 21.8 Å². The fourth-order valence-corrected chi connectivity index (χ4v) is 5.33. The Labute approximate surface area is 174 Å². The Hall–Kier alpha value is -2.71. The van der Waals surface area contributed by atoms with Crippen molar-refractivity contribution in [1.82, 2.24) is 9.88 Å². The molecule has 1 aliphatic rings. The summed E-state index contributed by atoms with van der Waals surface area (Å²) in [5, 5.41) is 2.01. The minimum Gasteiger partial charge on any atom is -0.338 e. The number of nitrogens with zero attached hydrogens (tertiary/aromatic N) is 2. The molecule has 1 N–H and O–H groups in total. The highest BCUT2D eigenvalue weighted by atomic mass is 32.2. The van der Waals surface area contributed by atoms with E-state index >= 15 is 0 Å². The van der Waals surface area contributed by atoms with Crippen LogP contribution in [0.2, 0.25) is 0 Å². The van der Waals surface area contributed by atoms with E-state index in [9.17, 15) is 13.2 Å². The van der Waals surface area contributed by atoms with Crippen molar-refractivity contribution >= 4 is 32.4 Å². The molecule has 1 amide bonds. The van der Waals surface area contributed by atoms with Crippen LogP contribution in [0.5, 0.6) is 0 Å². The van der Waals surface area contributed by atoms with Gasteiger partial charge >= 0.3 is 0 Å². The Balaban J connectivity index is 1.39. The maximum atomic E-state index is 12.8. The molecular weight excluding hydrogens is 406 g/mol. The van der Waals surface area contributed by atoms with E-state index in [1.165, 1.54) is 35.2 Å². The first-order valence-corrected chi connectivity index (χ1v) is 11.7. The Morgan fingerprint density at radius 1 is 1.14 bits per heavy atom. The third-order valence-corrected chi connectivity index (χ3v) is 7.18. The van der Waals surface area contributed by atoms with E-state index in [0.717, 1.165) is 25.9 Å². The van der Waals surface area contributed by atoms with Crippen molar-refractivity contribution in [2.24, 2.45) is 5.92 Å². The summed E-state index contributed by atoms with van der Waals surface area (Å²) in [7, 11) is -3.72. The van der Waals surface area contributed by atoms with Gasteiger partial charge < -0.3 is 4.90 Å². The lowest BCUT2D eigenvalue weighted by Gasteiger charge is -2.17. The molecule has 29 heavy (non-hydrogen) atoms. The van der Waals surface area contributed by atoms with Crippen LogP contribution in [0, 0.1) is 5.92 Å². The van der Waals surface area contributed by atoms with Gasteiger partial charge in [-0.15, -0.1) is 11.3 Å². The third kappa shape index (κ3) is 4.65. The van der Waals surface area contributed by atoms with Crippen molar-refractivity contribution in [1.29, 1.82) is 0 Å². The summed E-state index contributed by atoms with van der Waals surface area (Å²) in [5.41, 5.74) is 1.78. The standard InChI is InChI=1S/C21H21N3O3S2/c25-20(24-12-10-17(15-24)14-16-4-2-1-3-5-16)18-6-8-19(9-7-18)29(26,27)23-21-22-11-13-28-21/h1-9,11,13,17H,10,12,14-15H2,(H,22,23). The second-order valence-corrected chi connectivity index (χ2v) is 9.64. The number of carbonyl (C=O) groups excluding carboxylic acids is 1. The van der Waals surface area contributed by atoms with E-state index in [1.54, 1.807) is 17.5 Å². The summed E-state index contributed by atoms with van der Waals surface area (Å²) in [6.07, 6.45) is 3.47. The van der Waals surface area contributed by atoms with Gasteiger partial charge in [0, 0.05) is 30.2 Å². The average molecular weight is 428 g/mol. The third-order valence-electron chi connectivity index (χ3n) is 5.01. The van der Waals surface area contributed by atoms with Gasteiger partial charge in [0.25, 0.3) is 15.9 Å². The van der Waals surface area contributed by atoms with Crippen LogP contribution >= 0.6 is 11.3 Å². The summed E-state index contributed by atoms with van der Waals surface area (Å²) < 4.78 is 27.3. The van der Waals surface area contributed by atoms with Gasteiger partial charge in [0.15, 0.2) is 5.13 Å². The molecule has 0 aliphatic carbocycles. The molecule has 0 saturated carbocycles. The van der Waals surface area contributed by atoms with E-state index in [1.807, 2.05) is 23.1 Å². The molecule has 0 spiro atoms. The van der Waals surface area contributed by atoms with Gasteiger partial charge in [-0.25, -0.2) is 13.4 Å². The van der Waals surface area contributed by atoms with Gasteiger partial charge in [-0.3, -0.25) is 9.52 Å². The zero-order chi connectivity index (χ0) is 20.3. The molecule has 1 aromatic heterocycles. The SMILES string of the molecule is O=C(c1ccc(S(=O)(=O)Nc2nccs2)cc1)N1CCC(Cc2ccccc2)C1. The molecule has 4 rings (SSSR count). The van der Waals surface area contributed by atoms with E-state index in [-0.39, 0.29) is 10.8 Å². The van der Waals surface area contributed by atoms with Crippen molar-refractivity contribution < 1.29 is 13.2 Å². The summed E-state index contributed by atoms with van der Waals surface area (Å²) >= 11 is 1.21. The van der Waals surface area contributed by atoms with E-state index in [0.29, 0.717) is 16.6 Å². The molecular formula is C21H21N3O3S2. The number of amides is 1. The first-order valence-electron chi connectivity index (χ1n) is 9.37. The molecule has 150 valence electrons. The number of rotatable bonds is 6. The van der Waals surface area contributed by atoms with Crippen molar-refractivity contribution in [3.8, 4) is 0 Å². The number of carbonyl (C=O) groups is 1. The number of benzene rings is 2. The number of nitrogens with one attached hydrogen (secondary N) is 1. The number of aromatic nitrogens is 1. The molecule has 1 saturated heterocycles. The Morgan fingerprint density at radius 3 is 2.59 bits per heavy atom. The average Bonchev–Trinajstić information content (AvgIpc) is 3.40. The predicted octanol–water partition coefficient (Wildman–Crippen LogP) is 3.65. The topological polar surface area (TPSA) is 79.4 Å². The first kappa shape index (κ1) is 19.6. The number of thiazole rings is 1. The molecule has 1 atom stereocenters. The molecule has 2 heterocycles. The summed E-state index contributed by atoms with van der Waals surface area (Å²) in [6.45, 7) is 1.45. The largest absolute Gasteiger partial charge is 0.338 e. The van der Waals surface area contributed by atoms with Crippen LogP contribution in [-0.2, 0) is 16.4 Å². The van der Waals surface area contributed by atoms with Crippen LogP contribution < -0.4 is 4.72 Å². The van der Waals surface area contributed by atoms with Crippen molar-refractivity contribution in [3.63, 3.8) is 0 Å². The fourth-order valence-electron chi connectivity index (χ4n) is 3.54. The zero-order valence-corrected chi connectivity index (χ0v) is 17.3. The normalized spacial score (nSPS) is 16.7. The van der Waals surface area contributed by atoms with Crippen LogP contribution in [0.15, 0.2) is 71.1 Å². The number of anilines is 1. The monoisotopic (exact) mass is 427 g/mol. The van der Waals surface area contributed by atoms with Gasteiger partial charge in [-0.2, -0.15) is 0 Å². The van der Waals surface area contributed by atoms with Crippen molar-refractivity contribution in [2.75, 3.05) is 17.8 Å². The molecule has 8 heteroatoms. The first-order chi connectivity index (χ1) is 14.0. The molecule has 0 radical (unpaired) electrons. The van der Waals surface area contributed by atoms with Crippen LogP contribution in [-0.4, -0.2) is 37.3 Å². The maximum Gasteiger partial charge on any atom is 0.263 e. The number of hydrogen-bond donors (Lipinski definition) is 1. The number of hydrogen-bond acceptors (Lipinski definition) is 5. The minimum absolute atomic E-state index is 0.0580. The molecule has 1 aliphatic heterocycles. The molecule has 6 nitrogen and oxygen atoms in total. The fraction of sp³-hybridized carbons (Fsp3) is 0.238. The van der Waals surface area contributed by atoms with Gasteiger partial charge in [0.1, 0.15) is 0 Å². The Kier molecular flexibility index (Phi) is 5.64. The predicted molar refractivity (Wildman–Crippen MR) is 114 cm³/mol. The van der Waals surface area contributed by atoms with Gasteiger partial charge in [0.05, 0.1) is 4.90 Å². The molecule has 0 bridgehead atoms. The number of sulfonamides is 1. The van der Waals surface area contributed by atoms with Gasteiger partial charge in [-0.1, -0.05) is 30.3 Å². The lowest BCUT2D eigenvalue weighted by Crippen LogP contribution is -2.29. The smallest absolute Gasteiger partial charge is 0.263 e. The zero-order valence-electron chi connectivity index (χ0n) is 15.7. The summed E-state index contributed by atoms with van der Waals surface area (Å²) in [5.74, 6) is 0.390. The highest BCUT2D eigenvalue weighted by Gasteiger charge is 2.27. The maximum absolute atomic E-state index is 12.8. The lowest BCUT2D eigenvalue weighted by atomic mass is 9.99. The van der Waals surface area contributed by atoms with E-state index in [4.69, 9.17) is 0 Å². The summed E-state index contributed by atoms with van der Waals surface area (Å²) in [4.78, 5) is 18.7. The second kappa shape index (κ2) is 8.34. The molecule has 2 aromatic carbocycles. The second-order valence-electron chi connectivity index (χ2n) is 7.06. The van der Waals surface area contributed by atoms with E-state index < -0.39 is 10.0 Å². The number of likely N-dealkylation sites (tertiary alicyclic amines) is 1. The highest BCUT2D eigenvalue weighted by Crippen LogP contribution is 2.23. The van der Waals surface area contributed by atoms with Crippen molar-refractivity contribution in [3.05, 3.63) is 77.3 Å². The molecule has 1 unspecified atom stereocenters. The highest BCUT2D eigenvalue weighted by molar-refractivity contribution is 7.93. The van der Waals surface area contributed by atoms with Gasteiger partial charge in [0.2, 0.25) is 0 Å². The Morgan fingerprint density at radius 2 is 1.90 bits per heavy atom. The van der Waals surface area contributed by atoms with Crippen molar-refractivity contribution in [2.45, 2.75) is 17.7 Å². The summed E-state index contributed by atoms with van der Waals surface area (Å²) in [6, 6.07) is 16.4. The molecule has 3 aromatic rings. The molecule has 1 fully saturated rings. The Bertz CT molecular complexity index is 1070. The lowest BCUT2D eigenvalue weighted by molar-refractivity contribution is 0.0787. The van der Waals surface area contributed by atoms with Crippen LogP contribution in [0.25, 0.3) is 0 Å².